The molecule has 1 heterocycles. The van der Waals surface area contributed by atoms with E-state index in [0.717, 1.165) is 18.7 Å². The van der Waals surface area contributed by atoms with Crippen LogP contribution < -0.4 is 15.4 Å². The Kier molecular flexibility index (Phi) is 8.39. The first kappa shape index (κ1) is 23.0. The van der Waals surface area contributed by atoms with Crippen molar-refractivity contribution in [2.24, 2.45) is 0 Å². The molecule has 0 aliphatic rings. The number of nitrogens with zero attached hydrogens (tertiary/aromatic N) is 3. The monoisotopic (exact) mass is 435 g/mol. The maximum atomic E-state index is 12.6. The lowest BCUT2D eigenvalue weighted by molar-refractivity contribution is -0.116. The normalized spacial score (nSPS) is 10.7. The van der Waals surface area contributed by atoms with E-state index in [1.165, 1.54) is 0 Å². The predicted octanol–water partition coefficient (Wildman–Crippen LogP) is 3.49. The van der Waals surface area contributed by atoms with Crippen LogP contribution in [0.3, 0.4) is 0 Å². The average molecular weight is 436 g/mol. The minimum atomic E-state index is -0.251. The molecule has 0 radical (unpaired) electrons. The van der Waals surface area contributed by atoms with Gasteiger partial charge in [-0.2, -0.15) is 0 Å². The van der Waals surface area contributed by atoms with Gasteiger partial charge in [0.15, 0.2) is 0 Å². The third-order valence-electron chi connectivity index (χ3n) is 4.70. The molecule has 0 fully saturated rings. The van der Waals surface area contributed by atoms with Crippen LogP contribution in [0.2, 0.25) is 0 Å². The summed E-state index contributed by atoms with van der Waals surface area (Å²) in [5.41, 5.74) is 1.71. The topological polar surface area (TPSA) is 88.5 Å². The fourth-order valence-corrected chi connectivity index (χ4v) is 3.02. The molecule has 2 amide bonds. The van der Waals surface area contributed by atoms with Gasteiger partial charge in [-0.15, -0.1) is 0 Å². The van der Waals surface area contributed by atoms with Crippen molar-refractivity contribution in [3.63, 3.8) is 0 Å². The Morgan fingerprint density at radius 2 is 1.88 bits per heavy atom. The van der Waals surface area contributed by atoms with Crippen molar-refractivity contribution < 1.29 is 14.3 Å². The van der Waals surface area contributed by atoms with Crippen LogP contribution >= 0.6 is 0 Å². The summed E-state index contributed by atoms with van der Waals surface area (Å²) in [5, 5.41) is 5.70. The van der Waals surface area contributed by atoms with E-state index < -0.39 is 0 Å². The molecule has 3 aromatic rings. The van der Waals surface area contributed by atoms with Crippen LogP contribution in [-0.2, 0) is 11.3 Å². The van der Waals surface area contributed by atoms with Crippen molar-refractivity contribution in [3.8, 4) is 5.75 Å². The van der Waals surface area contributed by atoms with Gasteiger partial charge in [0.1, 0.15) is 5.75 Å². The number of carbonyl (C=O) groups excluding carboxylic acids is 2. The van der Waals surface area contributed by atoms with Crippen LogP contribution in [0.15, 0.2) is 67.3 Å². The average Bonchev–Trinajstić information content (AvgIpc) is 3.30. The van der Waals surface area contributed by atoms with Gasteiger partial charge in [-0.25, -0.2) is 4.98 Å². The highest BCUT2D eigenvalue weighted by Gasteiger charge is 2.09. The van der Waals surface area contributed by atoms with Crippen molar-refractivity contribution in [1.82, 2.24) is 14.5 Å². The highest BCUT2D eigenvalue weighted by molar-refractivity contribution is 6.05. The first-order valence-corrected chi connectivity index (χ1v) is 10.5. The predicted molar refractivity (Wildman–Crippen MR) is 125 cm³/mol. The molecule has 1 aromatic heterocycles. The van der Waals surface area contributed by atoms with Gasteiger partial charge in [0.25, 0.3) is 5.91 Å². The lowest BCUT2D eigenvalue weighted by Crippen LogP contribution is -2.16. The van der Waals surface area contributed by atoms with Gasteiger partial charge < -0.3 is 24.8 Å². The second-order valence-corrected chi connectivity index (χ2v) is 7.66. The second-order valence-electron chi connectivity index (χ2n) is 7.66. The molecule has 0 aliphatic heterocycles. The van der Waals surface area contributed by atoms with E-state index in [0.29, 0.717) is 36.5 Å². The molecule has 0 atom stereocenters. The summed E-state index contributed by atoms with van der Waals surface area (Å²) in [6, 6.07) is 14.1. The maximum absolute atomic E-state index is 12.6. The van der Waals surface area contributed by atoms with E-state index in [2.05, 4.69) is 20.5 Å². The molecule has 168 valence electrons. The smallest absolute Gasteiger partial charge is 0.255 e. The molecule has 0 saturated carbocycles. The Hall–Kier alpha value is -3.65. The van der Waals surface area contributed by atoms with E-state index in [4.69, 9.17) is 4.74 Å². The van der Waals surface area contributed by atoms with Crippen LogP contribution in [-0.4, -0.2) is 53.5 Å². The van der Waals surface area contributed by atoms with Gasteiger partial charge in [0, 0.05) is 48.8 Å². The summed E-state index contributed by atoms with van der Waals surface area (Å²) in [6.07, 6.45) is 6.41. The number of hydrogen-bond acceptors (Lipinski definition) is 5. The zero-order chi connectivity index (χ0) is 22.8. The largest absolute Gasteiger partial charge is 0.494 e. The molecule has 0 aliphatic carbocycles. The molecule has 3 rings (SSSR count). The molecule has 0 unspecified atom stereocenters. The van der Waals surface area contributed by atoms with E-state index in [9.17, 15) is 9.59 Å². The zero-order valence-electron chi connectivity index (χ0n) is 18.5. The standard InChI is InChI=1S/C24H29N5O3/c1-28(2)13-4-16-32-22-9-7-20(8-10-22)27-24(31)19-5-3-6-21(17-19)26-23(30)11-14-29-15-12-25-18-29/h3,5-10,12,15,17-18H,4,11,13-14,16H2,1-2H3,(H,26,30)(H,27,31). The Morgan fingerprint density at radius 3 is 2.59 bits per heavy atom. The van der Waals surface area contributed by atoms with Crippen LogP contribution in [0.1, 0.15) is 23.2 Å². The van der Waals surface area contributed by atoms with E-state index in [-0.39, 0.29) is 11.8 Å². The number of rotatable bonds is 11. The molecule has 0 spiro atoms. The SMILES string of the molecule is CN(C)CCCOc1ccc(NC(=O)c2cccc(NC(=O)CCn3ccnc3)c2)cc1. The van der Waals surface area contributed by atoms with E-state index >= 15 is 0 Å². The summed E-state index contributed by atoms with van der Waals surface area (Å²) < 4.78 is 7.55. The summed E-state index contributed by atoms with van der Waals surface area (Å²) >= 11 is 0. The molecule has 8 heteroatoms. The van der Waals surface area contributed by atoms with Crippen LogP contribution in [0.4, 0.5) is 11.4 Å². The molecular formula is C24H29N5O3. The summed E-state index contributed by atoms with van der Waals surface area (Å²) in [7, 11) is 4.06. The number of anilines is 2. The Bertz CT molecular complexity index is 1000. The van der Waals surface area contributed by atoms with Gasteiger partial charge >= 0.3 is 0 Å². The number of carbonyl (C=O) groups is 2. The number of nitrogens with one attached hydrogen (secondary N) is 2. The molecule has 0 saturated heterocycles. The lowest BCUT2D eigenvalue weighted by Gasteiger charge is -2.11. The number of imidazole rings is 1. The third-order valence-corrected chi connectivity index (χ3v) is 4.70. The van der Waals surface area contributed by atoms with Gasteiger partial charge in [0.2, 0.25) is 5.91 Å². The second kappa shape index (κ2) is 11.7. The van der Waals surface area contributed by atoms with Crippen molar-refractivity contribution in [3.05, 3.63) is 72.8 Å². The zero-order valence-corrected chi connectivity index (χ0v) is 18.5. The number of aryl methyl sites for hydroxylation is 1. The molecule has 2 N–H and O–H groups in total. The minimum Gasteiger partial charge on any atom is -0.494 e. The molecular weight excluding hydrogens is 406 g/mol. The fraction of sp³-hybridized carbons (Fsp3) is 0.292. The highest BCUT2D eigenvalue weighted by Crippen LogP contribution is 2.18. The Labute approximate surface area is 188 Å². The minimum absolute atomic E-state index is 0.127. The molecule has 8 nitrogen and oxygen atoms in total. The molecule has 32 heavy (non-hydrogen) atoms. The van der Waals surface area contributed by atoms with Crippen LogP contribution in [0.25, 0.3) is 0 Å². The maximum Gasteiger partial charge on any atom is 0.255 e. The van der Waals surface area contributed by atoms with Crippen LogP contribution in [0.5, 0.6) is 5.75 Å². The summed E-state index contributed by atoms with van der Waals surface area (Å²) in [6.45, 7) is 2.16. The van der Waals surface area contributed by atoms with Gasteiger partial charge in [-0.05, 0) is 63.0 Å². The number of ether oxygens (including phenoxy) is 1. The van der Waals surface area contributed by atoms with Crippen molar-refractivity contribution >= 4 is 23.2 Å². The molecule has 2 aromatic carbocycles. The first-order valence-electron chi connectivity index (χ1n) is 10.5. The Balaban J connectivity index is 1.49. The van der Waals surface area contributed by atoms with Crippen LogP contribution in [0, 0.1) is 0 Å². The van der Waals surface area contributed by atoms with Crippen molar-refractivity contribution in [2.75, 3.05) is 37.9 Å². The fourth-order valence-electron chi connectivity index (χ4n) is 3.02. The third kappa shape index (κ3) is 7.55. The van der Waals surface area contributed by atoms with E-state index in [1.807, 2.05) is 37.0 Å². The Morgan fingerprint density at radius 1 is 1.06 bits per heavy atom. The quantitative estimate of drug-likeness (QED) is 0.450. The lowest BCUT2D eigenvalue weighted by atomic mass is 10.1. The number of aromatic nitrogens is 2. The van der Waals surface area contributed by atoms with Gasteiger partial charge in [-0.1, -0.05) is 6.07 Å². The number of hydrogen-bond donors (Lipinski definition) is 2. The summed E-state index contributed by atoms with van der Waals surface area (Å²) in [5.74, 6) is 0.388. The number of amides is 2. The van der Waals surface area contributed by atoms with Gasteiger partial charge in [-0.3, -0.25) is 9.59 Å². The molecule has 0 bridgehead atoms. The van der Waals surface area contributed by atoms with Gasteiger partial charge in [0.05, 0.1) is 12.9 Å². The van der Waals surface area contributed by atoms with Crippen molar-refractivity contribution in [2.45, 2.75) is 19.4 Å². The van der Waals surface area contributed by atoms with Crippen molar-refractivity contribution in [1.29, 1.82) is 0 Å². The first-order chi connectivity index (χ1) is 15.5. The summed E-state index contributed by atoms with van der Waals surface area (Å²) in [4.78, 5) is 30.9. The highest BCUT2D eigenvalue weighted by atomic mass is 16.5. The van der Waals surface area contributed by atoms with E-state index in [1.54, 1.807) is 48.9 Å². The number of benzene rings is 2.